The fraction of sp³-hybridized carbons (Fsp3) is 0.143. The van der Waals surface area contributed by atoms with Crippen LogP contribution in [0.1, 0.15) is 16.3 Å². The summed E-state index contributed by atoms with van der Waals surface area (Å²) in [4.78, 5) is 4.28. The molecule has 1 heterocycles. The minimum atomic E-state index is -0.00395. The lowest BCUT2D eigenvalue weighted by atomic mass is 10.2. The van der Waals surface area contributed by atoms with Gasteiger partial charge in [0.2, 0.25) is 0 Å². The van der Waals surface area contributed by atoms with E-state index in [0.717, 1.165) is 16.9 Å². The molecule has 0 bridgehead atoms. The summed E-state index contributed by atoms with van der Waals surface area (Å²) in [6.07, 6.45) is 1.63. The zero-order chi connectivity index (χ0) is 13.7. The van der Waals surface area contributed by atoms with Gasteiger partial charge in [0.25, 0.3) is 0 Å². The number of aromatic nitrogens is 1. The van der Waals surface area contributed by atoms with Gasteiger partial charge < -0.3 is 10.4 Å². The van der Waals surface area contributed by atoms with Crippen molar-refractivity contribution in [2.24, 2.45) is 0 Å². The average molecular weight is 271 g/mol. The summed E-state index contributed by atoms with van der Waals surface area (Å²) in [5, 5.41) is 23.9. The second-order valence-electron chi connectivity index (χ2n) is 3.97. The van der Waals surface area contributed by atoms with Crippen LogP contribution in [0.5, 0.6) is 0 Å². The van der Waals surface area contributed by atoms with E-state index in [-0.39, 0.29) is 6.61 Å². The number of aliphatic hydroxyl groups is 1. The van der Waals surface area contributed by atoms with Crippen LogP contribution in [0.15, 0.2) is 35.8 Å². The first-order valence-corrected chi connectivity index (χ1v) is 6.60. The SMILES string of the molecule is Cc1csc(/C(C#N)=C/Nc2cccc(CO)c2)n1. The molecule has 0 aliphatic rings. The monoisotopic (exact) mass is 271 g/mol. The molecule has 0 amide bonds. The lowest BCUT2D eigenvalue weighted by Gasteiger charge is -2.03. The van der Waals surface area contributed by atoms with E-state index in [0.29, 0.717) is 10.6 Å². The maximum absolute atomic E-state index is 9.14. The van der Waals surface area contributed by atoms with E-state index in [2.05, 4.69) is 16.4 Å². The normalized spacial score (nSPS) is 11.1. The number of anilines is 1. The van der Waals surface area contributed by atoms with Crippen molar-refractivity contribution in [1.29, 1.82) is 5.26 Å². The summed E-state index contributed by atoms with van der Waals surface area (Å²) in [7, 11) is 0. The highest BCUT2D eigenvalue weighted by molar-refractivity contribution is 7.10. The molecule has 0 atom stereocenters. The van der Waals surface area contributed by atoms with Gasteiger partial charge in [-0.05, 0) is 24.6 Å². The van der Waals surface area contributed by atoms with Crippen LogP contribution in [0.4, 0.5) is 5.69 Å². The first-order valence-electron chi connectivity index (χ1n) is 5.72. The zero-order valence-electron chi connectivity index (χ0n) is 10.4. The second kappa shape index (κ2) is 6.14. The molecule has 0 saturated heterocycles. The Bertz CT molecular complexity index is 640. The Hall–Kier alpha value is -2.16. The molecule has 2 N–H and O–H groups in total. The number of aliphatic hydroxyl groups excluding tert-OH is 1. The Morgan fingerprint density at radius 2 is 2.42 bits per heavy atom. The number of nitriles is 1. The van der Waals surface area contributed by atoms with E-state index >= 15 is 0 Å². The summed E-state index contributed by atoms with van der Waals surface area (Å²) in [6, 6.07) is 9.52. The van der Waals surface area contributed by atoms with Crippen molar-refractivity contribution in [2.45, 2.75) is 13.5 Å². The number of hydrogen-bond acceptors (Lipinski definition) is 5. The van der Waals surface area contributed by atoms with Crippen molar-refractivity contribution < 1.29 is 5.11 Å². The van der Waals surface area contributed by atoms with Crippen molar-refractivity contribution in [3.8, 4) is 6.07 Å². The summed E-state index contributed by atoms with van der Waals surface area (Å²) in [5.74, 6) is 0. The third kappa shape index (κ3) is 3.41. The fourth-order valence-corrected chi connectivity index (χ4v) is 2.30. The highest BCUT2D eigenvalue weighted by Gasteiger charge is 2.05. The molecule has 0 saturated carbocycles. The summed E-state index contributed by atoms with van der Waals surface area (Å²) in [5.41, 5.74) is 3.05. The van der Waals surface area contributed by atoms with Gasteiger partial charge in [-0.15, -0.1) is 11.3 Å². The first-order chi connectivity index (χ1) is 9.22. The molecule has 4 nitrogen and oxygen atoms in total. The van der Waals surface area contributed by atoms with Crippen molar-refractivity contribution in [3.63, 3.8) is 0 Å². The maximum atomic E-state index is 9.14. The number of allylic oxidation sites excluding steroid dienone is 1. The molecule has 0 fully saturated rings. The fourth-order valence-electron chi connectivity index (χ4n) is 1.53. The highest BCUT2D eigenvalue weighted by Crippen LogP contribution is 2.19. The number of nitrogens with zero attached hydrogens (tertiary/aromatic N) is 2. The van der Waals surface area contributed by atoms with Crippen LogP contribution in [0, 0.1) is 18.3 Å². The molecule has 96 valence electrons. The van der Waals surface area contributed by atoms with Crippen LogP contribution >= 0.6 is 11.3 Å². The van der Waals surface area contributed by atoms with E-state index in [1.807, 2.05) is 36.6 Å². The van der Waals surface area contributed by atoms with Crippen LogP contribution in [0.2, 0.25) is 0 Å². The first kappa shape index (κ1) is 13.3. The average Bonchev–Trinajstić information content (AvgIpc) is 2.86. The van der Waals surface area contributed by atoms with Crippen molar-refractivity contribution in [1.82, 2.24) is 4.98 Å². The van der Waals surface area contributed by atoms with Crippen molar-refractivity contribution in [3.05, 3.63) is 52.1 Å². The van der Waals surface area contributed by atoms with Gasteiger partial charge in [0.05, 0.1) is 6.61 Å². The lowest BCUT2D eigenvalue weighted by Crippen LogP contribution is -1.92. The van der Waals surface area contributed by atoms with E-state index in [1.165, 1.54) is 11.3 Å². The second-order valence-corrected chi connectivity index (χ2v) is 4.82. The Kier molecular flexibility index (Phi) is 4.29. The smallest absolute Gasteiger partial charge is 0.135 e. The predicted molar refractivity (Wildman–Crippen MR) is 76.4 cm³/mol. The number of aryl methyl sites for hydroxylation is 1. The molecule has 1 aromatic heterocycles. The molecule has 5 heteroatoms. The molecule has 19 heavy (non-hydrogen) atoms. The topological polar surface area (TPSA) is 68.9 Å². The van der Waals surface area contributed by atoms with Gasteiger partial charge in [0.15, 0.2) is 0 Å². The molecular weight excluding hydrogens is 258 g/mol. The third-order valence-electron chi connectivity index (χ3n) is 2.46. The number of thiazole rings is 1. The van der Waals surface area contributed by atoms with E-state index < -0.39 is 0 Å². The minimum absolute atomic E-state index is 0.00395. The lowest BCUT2D eigenvalue weighted by molar-refractivity contribution is 0.282. The molecule has 2 aromatic rings. The van der Waals surface area contributed by atoms with Crippen LogP contribution < -0.4 is 5.32 Å². The van der Waals surface area contributed by atoms with E-state index in [1.54, 1.807) is 6.20 Å². The van der Waals surface area contributed by atoms with Crippen molar-refractivity contribution >= 4 is 22.6 Å². The van der Waals surface area contributed by atoms with Gasteiger partial charge in [0.1, 0.15) is 16.6 Å². The van der Waals surface area contributed by atoms with Gasteiger partial charge in [-0.1, -0.05) is 12.1 Å². The minimum Gasteiger partial charge on any atom is -0.392 e. The van der Waals surface area contributed by atoms with Crippen LogP contribution in [0.25, 0.3) is 5.57 Å². The number of rotatable bonds is 4. The zero-order valence-corrected chi connectivity index (χ0v) is 11.2. The largest absolute Gasteiger partial charge is 0.392 e. The number of benzene rings is 1. The Morgan fingerprint density at radius 1 is 1.58 bits per heavy atom. The molecule has 0 radical (unpaired) electrons. The molecule has 0 unspecified atom stereocenters. The van der Waals surface area contributed by atoms with Crippen LogP contribution in [-0.2, 0) is 6.61 Å². The molecule has 0 spiro atoms. The molecule has 0 aliphatic carbocycles. The van der Waals surface area contributed by atoms with Crippen LogP contribution in [-0.4, -0.2) is 10.1 Å². The maximum Gasteiger partial charge on any atom is 0.135 e. The Morgan fingerprint density at radius 3 is 3.05 bits per heavy atom. The molecular formula is C14H13N3OS. The van der Waals surface area contributed by atoms with Gasteiger partial charge in [-0.25, -0.2) is 4.98 Å². The standard InChI is InChI=1S/C14H13N3OS/c1-10-9-19-14(17-10)12(6-15)7-16-13-4-2-3-11(5-13)8-18/h2-5,7,9,16,18H,8H2,1H3/b12-7+. The number of nitrogens with one attached hydrogen (secondary N) is 1. The van der Waals surface area contributed by atoms with Gasteiger partial charge in [0, 0.05) is 23.0 Å². The highest BCUT2D eigenvalue weighted by atomic mass is 32.1. The summed E-state index contributed by atoms with van der Waals surface area (Å²) in [6.45, 7) is 1.89. The Balaban J connectivity index is 2.18. The van der Waals surface area contributed by atoms with Gasteiger partial charge >= 0.3 is 0 Å². The Labute approximate surface area is 115 Å². The summed E-state index contributed by atoms with van der Waals surface area (Å²) < 4.78 is 0. The van der Waals surface area contributed by atoms with E-state index in [9.17, 15) is 0 Å². The predicted octanol–water partition coefficient (Wildman–Crippen LogP) is 2.92. The van der Waals surface area contributed by atoms with E-state index in [4.69, 9.17) is 10.4 Å². The van der Waals surface area contributed by atoms with Gasteiger partial charge in [-0.2, -0.15) is 5.26 Å². The quantitative estimate of drug-likeness (QED) is 0.839. The third-order valence-corrected chi connectivity index (χ3v) is 3.46. The molecule has 2 rings (SSSR count). The number of hydrogen-bond donors (Lipinski definition) is 2. The molecule has 1 aromatic carbocycles. The summed E-state index contributed by atoms with van der Waals surface area (Å²) >= 11 is 1.44. The van der Waals surface area contributed by atoms with Crippen LogP contribution in [0.3, 0.4) is 0 Å². The van der Waals surface area contributed by atoms with Gasteiger partial charge in [-0.3, -0.25) is 0 Å². The van der Waals surface area contributed by atoms with Crippen molar-refractivity contribution in [2.75, 3.05) is 5.32 Å². The molecule has 0 aliphatic heterocycles.